The van der Waals surface area contributed by atoms with Crippen molar-refractivity contribution in [1.82, 2.24) is 10.3 Å². The van der Waals surface area contributed by atoms with Crippen molar-refractivity contribution in [1.29, 1.82) is 0 Å². The molecule has 0 saturated heterocycles. The number of halogens is 2. The van der Waals surface area contributed by atoms with Crippen LogP contribution in [0.3, 0.4) is 0 Å². The van der Waals surface area contributed by atoms with Crippen LogP contribution in [-0.2, 0) is 6.54 Å². The van der Waals surface area contributed by atoms with Crippen LogP contribution in [0.2, 0.25) is 10.0 Å². The summed E-state index contributed by atoms with van der Waals surface area (Å²) in [5.41, 5.74) is 5.64. The van der Waals surface area contributed by atoms with Crippen LogP contribution < -0.4 is 10.6 Å². The first-order valence-electron chi connectivity index (χ1n) is 11.1. The van der Waals surface area contributed by atoms with Crippen LogP contribution in [0.5, 0.6) is 5.75 Å². The van der Waals surface area contributed by atoms with E-state index in [0.29, 0.717) is 17.7 Å². The summed E-state index contributed by atoms with van der Waals surface area (Å²) in [6.07, 6.45) is 2.83. The highest BCUT2D eigenvalue weighted by molar-refractivity contribution is 6.37. The van der Waals surface area contributed by atoms with Crippen molar-refractivity contribution in [2.45, 2.75) is 26.3 Å². The van der Waals surface area contributed by atoms with Gasteiger partial charge in [0.25, 0.3) is 0 Å². The third-order valence-corrected chi connectivity index (χ3v) is 6.18. The summed E-state index contributed by atoms with van der Waals surface area (Å²) >= 11 is 12.3. The van der Waals surface area contributed by atoms with E-state index in [-0.39, 0.29) is 21.6 Å². The molecular formula is C27H25Cl2N3O2. The first kappa shape index (κ1) is 24.0. The number of phenols is 1. The van der Waals surface area contributed by atoms with Crippen LogP contribution in [0.1, 0.15) is 35.7 Å². The first-order valence-corrected chi connectivity index (χ1v) is 11.8. The highest BCUT2D eigenvalue weighted by Crippen LogP contribution is 2.38. The zero-order valence-corrected chi connectivity index (χ0v) is 20.5. The number of nitrogens with one attached hydrogen (secondary N) is 2. The molecule has 0 radical (unpaired) electrons. The van der Waals surface area contributed by atoms with E-state index in [1.807, 2.05) is 56.4 Å². The number of nitrogens with zero attached hydrogens (tertiary/aromatic N) is 1. The number of Topliss-reactive ketones (excluding diaryl/α,β-unsaturated/α-hetero) is 1. The Labute approximate surface area is 208 Å². The highest BCUT2D eigenvalue weighted by Gasteiger charge is 2.17. The molecule has 5 nitrogen and oxygen atoms in total. The Morgan fingerprint density at radius 2 is 1.71 bits per heavy atom. The average molecular weight is 494 g/mol. The molecule has 0 fully saturated rings. The van der Waals surface area contributed by atoms with Gasteiger partial charge in [0.15, 0.2) is 11.5 Å². The average Bonchev–Trinajstić information content (AvgIpc) is 2.83. The molecule has 0 spiro atoms. The molecule has 0 unspecified atom stereocenters. The molecule has 4 rings (SSSR count). The number of hydrogen-bond donors (Lipinski definition) is 3. The minimum Gasteiger partial charge on any atom is -0.505 e. The molecule has 0 saturated carbocycles. The summed E-state index contributed by atoms with van der Waals surface area (Å²) < 4.78 is 0. The molecule has 3 aromatic carbocycles. The molecule has 0 amide bonds. The Hall–Kier alpha value is -3.12. The summed E-state index contributed by atoms with van der Waals surface area (Å²) in [5.74, 6) is -0.113. The zero-order chi connectivity index (χ0) is 24.2. The van der Waals surface area contributed by atoms with E-state index < -0.39 is 0 Å². The maximum atomic E-state index is 13.0. The van der Waals surface area contributed by atoms with Gasteiger partial charge in [0.2, 0.25) is 0 Å². The van der Waals surface area contributed by atoms with E-state index >= 15 is 0 Å². The molecule has 1 heterocycles. The van der Waals surface area contributed by atoms with Crippen LogP contribution in [0.15, 0.2) is 60.8 Å². The van der Waals surface area contributed by atoms with Crippen LogP contribution in [0.25, 0.3) is 22.0 Å². The maximum Gasteiger partial charge on any atom is 0.166 e. The fraction of sp³-hybridized carbons (Fsp3) is 0.185. The molecule has 174 valence electrons. The SMILES string of the molecule is CCCC(=O)c1cnc2ccc(-c3cc(Cl)c(O)c(Cl)c3)cc2c1Nc1ccc(CNC)cc1. The van der Waals surface area contributed by atoms with E-state index in [1.54, 1.807) is 18.3 Å². The Kier molecular flexibility index (Phi) is 7.37. The second-order valence-electron chi connectivity index (χ2n) is 8.09. The normalized spacial score (nSPS) is 11.1. The molecule has 4 aromatic rings. The smallest absolute Gasteiger partial charge is 0.166 e. The van der Waals surface area contributed by atoms with Gasteiger partial charge in [-0.3, -0.25) is 9.78 Å². The monoisotopic (exact) mass is 493 g/mol. The lowest BCUT2D eigenvalue weighted by Crippen LogP contribution is -2.06. The van der Waals surface area contributed by atoms with Crippen LogP contribution in [0, 0.1) is 0 Å². The minimum atomic E-state index is -0.147. The zero-order valence-electron chi connectivity index (χ0n) is 19.0. The number of fused-ring (bicyclic) bond motifs is 1. The summed E-state index contributed by atoms with van der Waals surface area (Å²) in [4.78, 5) is 17.5. The van der Waals surface area contributed by atoms with Crippen molar-refractivity contribution in [2.24, 2.45) is 0 Å². The topological polar surface area (TPSA) is 74.2 Å². The lowest BCUT2D eigenvalue weighted by molar-refractivity contribution is 0.0982. The van der Waals surface area contributed by atoms with Crippen LogP contribution in [0.4, 0.5) is 11.4 Å². The van der Waals surface area contributed by atoms with Gasteiger partial charge in [-0.2, -0.15) is 0 Å². The molecule has 34 heavy (non-hydrogen) atoms. The van der Waals surface area contributed by atoms with E-state index in [2.05, 4.69) is 15.6 Å². The molecular weight excluding hydrogens is 469 g/mol. The largest absolute Gasteiger partial charge is 0.505 e. The van der Waals surface area contributed by atoms with Gasteiger partial charge in [-0.25, -0.2) is 0 Å². The molecule has 1 aromatic heterocycles. The van der Waals surface area contributed by atoms with Crippen LogP contribution >= 0.6 is 23.2 Å². The predicted molar refractivity (Wildman–Crippen MR) is 141 cm³/mol. The van der Waals surface area contributed by atoms with Gasteiger partial charge in [0.1, 0.15) is 0 Å². The van der Waals surface area contributed by atoms with E-state index in [1.165, 1.54) is 5.56 Å². The molecule has 0 aliphatic carbocycles. The van der Waals surface area contributed by atoms with E-state index in [0.717, 1.165) is 40.7 Å². The number of anilines is 2. The lowest BCUT2D eigenvalue weighted by atomic mass is 9.98. The number of rotatable bonds is 8. The Balaban J connectivity index is 1.86. The number of aromatic hydroxyl groups is 1. The number of benzene rings is 3. The maximum absolute atomic E-state index is 13.0. The van der Waals surface area contributed by atoms with Crippen molar-refractivity contribution in [2.75, 3.05) is 12.4 Å². The molecule has 0 aliphatic heterocycles. The van der Waals surface area contributed by atoms with Crippen molar-refractivity contribution < 1.29 is 9.90 Å². The molecule has 0 bridgehead atoms. The number of ketones is 1. The van der Waals surface area contributed by atoms with E-state index in [4.69, 9.17) is 23.2 Å². The second-order valence-corrected chi connectivity index (χ2v) is 8.91. The van der Waals surface area contributed by atoms with E-state index in [9.17, 15) is 9.90 Å². The lowest BCUT2D eigenvalue weighted by Gasteiger charge is -2.16. The number of carbonyl (C=O) groups excluding carboxylic acids is 1. The Morgan fingerprint density at radius 1 is 1.00 bits per heavy atom. The molecule has 7 heteroatoms. The third kappa shape index (κ3) is 5.02. The van der Waals surface area contributed by atoms with Crippen molar-refractivity contribution >= 4 is 51.3 Å². The summed E-state index contributed by atoms with van der Waals surface area (Å²) in [6, 6.07) is 17.2. The predicted octanol–water partition coefficient (Wildman–Crippen LogP) is 7.36. The van der Waals surface area contributed by atoms with Crippen molar-refractivity contribution in [3.05, 3.63) is 82.0 Å². The number of aromatic nitrogens is 1. The number of carbonyl (C=O) groups is 1. The van der Waals surface area contributed by atoms with Gasteiger partial charge in [-0.1, -0.05) is 48.3 Å². The number of phenolic OH excluding ortho intramolecular Hbond substituents is 1. The Bertz CT molecular complexity index is 1330. The fourth-order valence-electron chi connectivity index (χ4n) is 3.87. The van der Waals surface area contributed by atoms with Gasteiger partial charge in [-0.05, 0) is 66.6 Å². The third-order valence-electron chi connectivity index (χ3n) is 5.60. The standard InChI is InChI=1S/C27H25Cl2N3O2/c1-3-4-25(33)21-15-31-24-10-7-17(18-12-22(28)27(34)23(29)13-18)11-20(24)26(21)32-19-8-5-16(6-9-19)14-30-2/h5-13,15,30,34H,3-4,14H2,1-2H3,(H,31,32). The fourth-order valence-corrected chi connectivity index (χ4v) is 4.35. The molecule has 3 N–H and O–H groups in total. The van der Waals surface area contributed by atoms with Crippen molar-refractivity contribution in [3.63, 3.8) is 0 Å². The quantitative estimate of drug-likeness (QED) is 0.223. The minimum absolute atomic E-state index is 0.0346. The van der Waals surface area contributed by atoms with Gasteiger partial charge in [0, 0.05) is 30.2 Å². The number of hydrogen-bond acceptors (Lipinski definition) is 5. The van der Waals surface area contributed by atoms with Gasteiger partial charge in [0.05, 0.1) is 26.8 Å². The van der Waals surface area contributed by atoms with Crippen molar-refractivity contribution in [3.8, 4) is 16.9 Å². The second kappa shape index (κ2) is 10.4. The first-order chi connectivity index (χ1) is 16.4. The van der Waals surface area contributed by atoms with Crippen LogP contribution in [-0.4, -0.2) is 22.9 Å². The molecule has 0 aliphatic rings. The Morgan fingerprint density at radius 3 is 2.35 bits per heavy atom. The number of pyridine rings is 1. The van der Waals surface area contributed by atoms with Gasteiger partial charge >= 0.3 is 0 Å². The summed E-state index contributed by atoms with van der Waals surface area (Å²) in [5, 5.41) is 17.7. The summed E-state index contributed by atoms with van der Waals surface area (Å²) in [6.45, 7) is 2.76. The molecule has 0 atom stereocenters. The highest BCUT2D eigenvalue weighted by atomic mass is 35.5. The van der Waals surface area contributed by atoms with Gasteiger partial charge < -0.3 is 15.7 Å². The van der Waals surface area contributed by atoms with Gasteiger partial charge in [-0.15, -0.1) is 0 Å². The summed E-state index contributed by atoms with van der Waals surface area (Å²) in [7, 11) is 1.91.